The Morgan fingerprint density at radius 1 is 0.349 bits per heavy atom. The van der Waals surface area contributed by atoms with Crippen LogP contribution in [0.1, 0.15) is 0 Å². The predicted octanol–water partition coefficient (Wildman–Crippen LogP) is 15.2. The van der Waals surface area contributed by atoms with Crippen LogP contribution in [0.4, 0.5) is 0 Å². The Bertz CT molecular complexity index is 3800. The van der Waals surface area contributed by atoms with Crippen LogP contribution in [0.3, 0.4) is 0 Å². The van der Waals surface area contributed by atoms with Gasteiger partial charge < -0.3 is 13.6 Å². The van der Waals surface area contributed by atoms with Crippen molar-refractivity contribution in [2.24, 2.45) is 0 Å². The smallest absolute Gasteiger partial charge is 0.160 e. The Morgan fingerprint density at radius 3 is 1.63 bits per heavy atom. The quantitative estimate of drug-likeness (QED) is 0.168. The van der Waals surface area contributed by atoms with Crippen LogP contribution in [-0.2, 0) is 0 Å². The molecule has 0 saturated carbocycles. The van der Waals surface area contributed by atoms with E-state index >= 15 is 0 Å². The molecular weight excluding hydrogens is 769 g/mol. The first kappa shape index (κ1) is 35.2. The van der Waals surface area contributed by atoms with E-state index in [-0.39, 0.29) is 0 Å². The van der Waals surface area contributed by atoms with E-state index < -0.39 is 0 Å². The van der Waals surface area contributed by atoms with E-state index in [9.17, 15) is 0 Å². The van der Waals surface area contributed by atoms with Gasteiger partial charge >= 0.3 is 0 Å². The zero-order chi connectivity index (χ0) is 41.4. The molecule has 294 valence electrons. The zero-order valence-corrected chi connectivity index (χ0v) is 34.0. The van der Waals surface area contributed by atoms with Crippen molar-refractivity contribution in [1.82, 2.24) is 19.1 Å². The van der Waals surface area contributed by atoms with E-state index in [2.05, 4.69) is 197 Å². The molecule has 13 aromatic rings. The topological polar surface area (TPSA) is 48.8 Å². The maximum absolute atomic E-state index is 6.76. The van der Waals surface area contributed by atoms with E-state index in [4.69, 9.17) is 14.4 Å². The van der Waals surface area contributed by atoms with E-state index in [0.29, 0.717) is 5.82 Å². The number of benzene rings is 9. The largest absolute Gasteiger partial charge is 0.455 e. The number of furan rings is 1. The number of aromatic nitrogens is 4. The average Bonchev–Trinajstić information content (AvgIpc) is 4.02. The Balaban J connectivity index is 1.18. The molecule has 0 saturated heterocycles. The minimum Gasteiger partial charge on any atom is -0.455 e. The van der Waals surface area contributed by atoms with Gasteiger partial charge in [-0.3, -0.25) is 0 Å². The first-order valence-corrected chi connectivity index (χ1v) is 21.3. The molecule has 0 aliphatic heterocycles. The Labute approximate surface area is 362 Å². The third-order valence-corrected chi connectivity index (χ3v) is 12.6. The lowest BCUT2D eigenvalue weighted by atomic mass is 9.93. The van der Waals surface area contributed by atoms with Gasteiger partial charge in [-0.2, -0.15) is 0 Å². The lowest BCUT2D eigenvalue weighted by molar-refractivity contribution is 0.673. The van der Waals surface area contributed by atoms with Crippen molar-refractivity contribution in [2.75, 3.05) is 0 Å². The van der Waals surface area contributed by atoms with E-state index in [1.165, 1.54) is 10.8 Å². The zero-order valence-electron chi connectivity index (χ0n) is 34.0. The van der Waals surface area contributed by atoms with Crippen LogP contribution in [0, 0.1) is 0 Å². The summed E-state index contributed by atoms with van der Waals surface area (Å²) in [5, 5.41) is 6.86. The monoisotopic (exact) mass is 804 g/mol. The molecule has 0 radical (unpaired) electrons. The van der Waals surface area contributed by atoms with Gasteiger partial charge in [0.15, 0.2) is 5.82 Å². The van der Waals surface area contributed by atoms with Crippen LogP contribution in [0.2, 0.25) is 0 Å². The summed E-state index contributed by atoms with van der Waals surface area (Å²) in [4.78, 5) is 10.6. The number of hydrogen-bond donors (Lipinski definition) is 0. The molecule has 0 amide bonds. The molecule has 0 atom stereocenters. The molecule has 63 heavy (non-hydrogen) atoms. The van der Waals surface area contributed by atoms with Crippen LogP contribution in [0.15, 0.2) is 223 Å². The Hall–Kier alpha value is -8.54. The molecule has 13 rings (SSSR count). The molecule has 4 aromatic heterocycles. The van der Waals surface area contributed by atoms with Crippen LogP contribution in [-0.4, -0.2) is 19.1 Å². The van der Waals surface area contributed by atoms with Gasteiger partial charge in [0.1, 0.15) is 11.2 Å². The normalized spacial score (nSPS) is 11.8. The predicted molar refractivity (Wildman–Crippen MR) is 260 cm³/mol. The van der Waals surface area contributed by atoms with Gasteiger partial charge in [0.25, 0.3) is 0 Å². The van der Waals surface area contributed by atoms with Gasteiger partial charge in [0, 0.05) is 54.7 Å². The maximum atomic E-state index is 6.76. The average molecular weight is 805 g/mol. The second-order valence-electron chi connectivity index (χ2n) is 16.1. The number of rotatable bonds is 6. The molecule has 9 aromatic carbocycles. The summed E-state index contributed by atoms with van der Waals surface area (Å²) in [7, 11) is 0. The Kier molecular flexibility index (Phi) is 7.84. The van der Waals surface area contributed by atoms with E-state index in [1.54, 1.807) is 0 Å². The first-order valence-electron chi connectivity index (χ1n) is 21.3. The summed E-state index contributed by atoms with van der Waals surface area (Å²) in [6, 6.07) is 77.3. The summed E-state index contributed by atoms with van der Waals surface area (Å²) in [5.41, 5.74) is 15.1. The van der Waals surface area contributed by atoms with Gasteiger partial charge in [-0.25, -0.2) is 9.97 Å². The lowest BCUT2D eigenvalue weighted by Gasteiger charge is -2.22. The van der Waals surface area contributed by atoms with Gasteiger partial charge in [0.2, 0.25) is 0 Å². The molecule has 5 heteroatoms. The minimum atomic E-state index is 0.670. The van der Waals surface area contributed by atoms with Gasteiger partial charge in [0.05, 0.1) is 50.2 Å². The fourth-order valence-corrected chi connectivity index (χ4v) is 9.84. The molecule has 0 unspecified atom stereocenters. The molecule has 0 bridgehead atoms. The van der Waals surface area contributed by atoms with Crippen molar-refractivity contribution >= 4 is 65.6 Å². The first-order chi connectivity index (χ1) is 31.3. The highest BCUT2D eigenvalue weighted by Crippen LogP contribution is 2.46. The van der Waals surface area contributed by atoms with Crippen LogP contribution in [0.25, 0.3) is 122 Å². The van der Waals surface area contributed by atoms with Crippen molar-refractivity contribution < 1.29 is 4.42 Å². The highest BCUT2D eigenvalue weighted by Gasteiger charge is 2.25. The van der Waals surface area contributed by atoms with Crippen molar-refractivity contribution in [3.8, 4) is 56.4 Å². The second kappa shape index (κ2) is 14.0. The standard InChI is InChI=1S/C58H36N4O/c1-3-18-37(19-4-1)46-36-47(60-58(59-46)38-20-5-2-6-21-38)43-27-17-32-52(55(43)44-25-9-14-30-50(44)61-48-28-12-7-22-39(48)40-23-8-13-29-49(40)61)62-51-31-15-10-26-45(51)56-53(62)35-34-42-41-24-11-16-33-54(41)63-57(42)56/h1-36H. The SMILES string of the molecule is c1ccc(-c2cc(-c3cccc(-n4c5ccccc5c5c6oc7ccccc7c6ccc54)c3-c3ccccc3-n3c4ccccc4c4ccccc43)nc(-c3ccccc3)n2)cc1. The number of para-hydroxylation sites is 5. The fraction of sp³-hybridized carbons (Fsp3) is 0. The lowest BCUT2D eigenvalue weighted by Crippen LogP contribution is -2.04. The molecule has 0 N–H and O–H groups in total. The third-order valence-electron chi connectivity index (χ3n) is 12.6. The summed E-state index contributed by atoms with van der Waals surface area (Å²) >= 11 is 0. The van der Waals surface area contributed by atoms with Crippen molar-refractivity contribution in [1.29, 1.82) is 0 Å². The van der Waals surface area contributed by atoms with Crippen molar-refractivity contribution in [3.63, 3.8) is 0 Å². The highest BCUT2D eigenvalue weighted by atomic mass is 16.3. The molecule has 0 aliphatic rings. The number of nitrogens with zero attached hydrogens (tertiary/aromatic N) is 4. The minimum absolute atomic E-state index is 0.670. The van der Waals surface area contributed by atoms with Crippen molar-refractivity contribution in [2.45, 2.75) is 0 Å². The summed E-state index contributed by atoms with van der Waals surface area (Å²) < 4.78 is 11.6. The van der Waals surface area contributed by atoms with Gasteiger partial charge in [-0.05, 0) is 54.6 Å². The van der Waals surface area contributed by atoms with Crippen LogP contribution < -0.4 is 0 Å². The molecular formula is C58H36N4O. The fourth-order valence-electron chi connectivity index (χ4n) is 9.84. The highest BCUT2D eigenvalue weighted by molar-refractivity contribution is 6.24. The van der Waals surface area contributed by atoms with E-state index in [0.717, 1.165) is 105 Å². The number of fused-ring (bicyclic) bond motifs is 10. The maximum Gasteiger partial charge on any atom is 0.160 e. The molecule has 0 spiro atoms. The van der Waals surface area contributed by atoms with Crippen LogP contribution in [0.5, 0.6) is 0 Å². The summed E-state index contributed by atoms with van der Waals surface area (Å²) in [6.07, 6.45) is 0. The summed E-state index contributed by atoms with van der Waals surface area (Å²) in [6.45, 7) is 0. The van der Waals surface area contributed by atoms with Crippen LogP contribution >= 0.6 is 0 Å². The van der Waals surface area contributed by atoms with Gasteiger partial charge in [-0.1, -0.05) is 164 Å². The third kappa shape index (κ3) is 5.43. The second-order valence-corrected chi connectivity index (χ2v) is 16.1. The van der Waals surface area contributed by atoms with E-state index in [1.807, 2.05) is 30.3 Å². The molecule has 4 heterocycles. The molecule has 0 aliphatic carbocycles. The van der Waals surface area contributed by atoms with Gasteiger partial charge in [-0.15, -0.1) is 0 Å². The molecule has 0 fully saturated rings. The summed E-state index contributed by atoms with van der Waals surface area (Å²) in [5.74, 6) is 0.670. The molecule has 5 nitrogen and oxygen atoms in total. The van der Waals surface area contributed by atoms with Crippen molar-refractivity contribution in [3.05, 3.63) is 218 Å². The Morgan fingerprint density at radius 2 is 0.889 bits per heavy atom. The number of hydrogen-bond acceptors (Lipinski definition) is 3.